The number of thiazole rings is 1. The van der Waals surface area contributed by atoms with Gasteiger partial charge in [-0.15, -0.1) is 11.3 Å². The van der Waals surface area contributed by atoms with E-state index in [0.29, 0.717) is 41.8 Å². The normalized spacial score (nSPS) is 14.5. The highest BCUT2D eigenvalue weighted by Gasteiger charge is 2.27. The predicted octanol–water partition coefficient (Wildman–Crippen LogP) is 6.49. The molecule has 0 aliphatic carbocycles. The highest BCUT2D eigenvalue weighted by Crippen LogP contribution is 2.35. The summed E-state index contributed by atoms with van der Waals surface area (Å²) in [5, 5.41) is 11.3. The van der Waals surface area contributed by atoms with Gasteiger partial charge in [-0.3, -0.25) is 14.8 Å². The molecule has 226 valence electrons. The third-order valence-electron chi connectivity index (χ3n) is 7.24. The van der Waals surface area contributed by atoms with Crippen LogP contribution in [0.2, 0.25) is 5.02 Å². The minimum atomic E-state index is -0.719. The number of benzene rings is 2. The zero-order valence-corrected chi connectivity index (χ0v) is 26.2. The number of ether oxygens (including phenoxy) is 1. The molecule has 44 heavy (non-hydrogen) atoms. The van der Waals surface area contributed by atoms with Crippen LogP contribution in [0.4, 0.5) is 15.7 Å². The van der Waals surface area contributed by atoms with Crippen LogP contribution in [0.3, 0.4) is 0 Å². The lowest BCUT2D eigenvalue weighted by Crippen LogP contribution is -2.50. The van der Waals surface area contributed by atoms with E-state index in [1.54, 1.807) is 22.0 Å². The van der Waals surface area contributed by atoms with Gasteiger partial charge in [0.15, 0.2) is 11.2 Å². The van der Waals surface area contributed by atoms with E-state index in [4.69, 9.17) is 26.4 Å². The van der Waals surface area contributed by atoms with Crippen molar-refractivity contribution in [1.29, 1.82) is 0 Å². The Hall–Kier alpha value is -4.48. The largest absolute Gasteiger partial charge is 0.444 e. The van der Waals surface area contributed by atoms with Crippen LogP contribution in [-0.4, -0.2) is 68.4 Å². The number of amides is 2. The summed E-state index contributed by atoms with van der Waals surface area (Å²) in [7, 11) is 0. The summed E-state index contributed by atoms with van der Waals surface area (Å²) in [6.45, 7) is 8.06. The van der Waals surface area contributed by atoms with Crippen molar-refractivity contribution in [1.82, 2.24) is 24.6 Å². The van der Waals surface area contributed by atoms with Crippen molar-refractivity contribution in [3.05, 3.63) is 89.2 Å². The molecule has 1 fully saturated rings. The molecule has 10 nitrogen and oxygen atoms in total. The van der Waals surface area contributed by atoms with Gasteiger partial charge in [0.2, 0.25) is 0 Å². The molecule has 2 aromatic carbocycles. The SMILES string of the molecule is CC(C)(C)OC(=O)N1CCN(c2ccc(-c3ccc4cn(C(C(=O)Nc5nccs5)c5ccccc5)nc4c3Cl)cn2)CC1. The molecule has 0 radical (unpaired) electrons. The van der Waals surface area contributed by atoms with Crippen LogP contribution >= 0.6 is 22.9 Å². The van der Waals surface area contributed by atoms with Gasteiger partial charge in [-0.05, 0) is 38.5 Å². The average Bonchev–Trinajstić information content (AvgIpc) is 3.68. The van der Waals surface area contributed by atoms with Crippen LogP contribution in [0.15, 0.2) is 78.6 Å². The Balaban J connectivity index is 1.21. The molecular weight excluding hydrogens is 598 g/mol. The Labute approximate surface area is 264 Å². The van der Waals surface area contributed by atoms with Gasteiger partial charge in [0, 0.05) is 66.7 Å². The summed E-state index contributed by atoms with van der Waals surface area (Å²) in [5.41, 5.74) is 2.51. The van der Waals surface area contributed by atoms with Crippen molar-refractivity contribution in [2.75, 3.05) is 36.4 Å². The topological polar surface area (TPSA) is 105 Å². The molecular formula is C32H32ClN7O3S. The fourth-order valence-corrected chi connectivity index (χ4v) is 5.97. The molecule has 4 heterocycles. The first-order valence-corrected chi connectivity index (χ1v) is 15.5. The first-order valence-electron chi connectivity index (χ1n) is 14.3. The number of hydrogen-bond acceptors (Lipinski definition) is 8. The lowest BCUT2D eigenvalue weighted by Gasteiger charge is -2.36. The summed E-state index contributed by atoms with van der Waals surface area (Å²) < 4.78 is 7.16. The van der Waals surface area contributed by atoms with E-state index < -0.39 is 11.6 Å². The smallest absolute Gasteiger partial charge is 0.410 e. The van der Waals surface area contributed by atoms with E-state index in [0.717, 1.165) is 27.9 Å². The van der Waals surface area contributed by atoms with Crippen molar-refractivity contribution in [3.63, 3.8) is 0 Å². The molecule has 1 N–H and O–H groups in total. The van der Waals surface area contributed by atoms with E-state index in [2.05, 4.69) is 15.2 Å². The quantitative estimate of drug-likeness (QED) is 0.229. The molecule has 1 saturated heterocycles. The Kier molecular flexibility index (Phi) is 8.24. The number of rotatable bonds is 6. The monoisotopic (exact) mass is 629 g/mol. The van der Waals surface area contributed by atoms with Crippen LogP contribution < -0.4 is 10.2 Å². The third-order valence-corrected chi connectivity index (χ3v) is 8.31. The minimum Gasteiger partial charge on any atom is -0.444 e. The number of halogens is 1. The van der Waals surface area contributed by atoms with Gasteiger partial charge >= 0.3 is 6.09 Å². The van der Waals surface area contributed by atoms with Crippen LogP contribution in [0.25, 0.3) is 22.0 Å². The van der Waals surface area contributed by atoms with E-state index in [9.17, 15) is 9.59 Å². The first kappa shape index (κ1) is 29.6. The predicted molar refractivity (Wildman–Crippen MR) is 173 cm³/mol. The number of anilines is 2. The Bertz CT molecular complexity index is 1760. The fourth-order valence-electron chi connectivity index (χ4n) is 5.12. The number of nitrogens with one attached hydrogen (secondary N) is 1. The maximum Gasteiger partial charge on any atom is 0.410 e. The zero-order valence-electron chi connectivity index (χ0n) is 24.6. The number of carbonyl (C=O) groups is 2. The standard InChI is InChI=1S/C32H32ClN7O3S/c1-32(2,3)43-31(42)39-16-14-38(15-17-39)25-12-10-22(19-35-25)24-11-9-23-20-40(37-27(23)26(24)33)28(21-7-5-4-6-8-21)29(41)36-30-34-13-18-44-30/h4-13,18-20,28H,14-17H2,1-3H3,(H,34,36,41). The third kappa shape index (κ3) is 6.39. The maximum absolute atomic E-state index is 13.5. The average molecular weight is 630 g/mol. The highest BCUT2D eigenvalue weighted by molar-refractivity contribution is 7.13. The number of pyridine rings is 1. The molecule has 0 saturated carbocycles. The van der Waals surface area contributed by atoms with E-state index in [-0.39, 0.29) is 12.0 Å². The van der Waals surface area contributed by atoms with E-state index >= 15 is 0 Å². The van der Waals surface area contributed by atoms with Gasteiger partial charge in [0.25, 0.3) is 5.91 Å². The summed E-state index contributed by atoms with van der Waals surface area (Å²) in [4.78, 5) is 38.7. The van der Waals surface area contributed by atoms with Gasteiger partial charge in [0.1, 0.15) is 16.9 Å². The molecule has 1 unspecified atom stereocenters. The summed E-state index contributed by atoms with van der Waals surface area (Å²) >= 11 is 8.30. The van der Waals surface area contributed by atoms with Crippen LogP contribution in [0.1, 0.15) is 32.4 Å². The van der Waals surface area contributed by atoms with E-state index in [1.807, 2.05) is 86.9 Å². The summed E-state index contributed by atoms with van der Waals surface area (Å²) in [6, 6.07) is 16.6. The van der Waals surface area contributed by atoms with Gasteiger partial charge in [-0.25, -0.2) is 14.8 Å². The summed E-state index contributed by atoms with van der Waals surface area (Å²) in [6.07, 6.45) is 4.99. The summed E-state index contributed by atoms with van der Waals surface area (Å²) in [5.74, 6) is 0.582. The lowest BCUT2D eigenvalue weighted by atomic mass is 10.1. The fraction of sp³-hybridized carbons (Fsp3) is 0.281. The molecule has 0 bridgehead atoms. The molecule has 5 aromatic rings. The number of piperazine rings is 1. The number of aromatic nitrogens is 4. The Morgan fingerprint density at radius 3 is 2.43 bits per heavy atom. The van der Waals surface area contributed by atoms with Crippen LogP contribution in [0.5, 0.6) is 0 Å². The zero-order chi connectivity index (χ0) is 30.8. The van der Waals surface area contributed by atoms with Crippen molar-refractivity contribution >= 4 is 56.8 Å². The lowest BCUT2D eigenvalue weighted by molar-refractivity contribution is -0.118. The van der Waals surface area contributed by atoms with Gasteiger partial charge in [0.05, 0.1) is 5.02 Å². The van der Waals surface area contributed by atoms with E-state index in [1.165, 1.54) is 11.3 Å². The number of hydrogen-bond donors (Lipinski definition) is 1. The number of fused-ring (bicyclic) bond motifs is 1. The van der Waals surface area contributed by atoms with Crippen molar-refractivity contribution < 1.29 is 14.3 Å². The van der Waals surface area contributed by atoms with Crippen molar-refractivity contribution in [2.45, 2.75) is 32.4 Å². The number of nitrogens with zero attached hydrogens (tertiary/aromatic N) is 6. The first-order chi connectivity index (χ1) is 21.2. The molecule has 12 heteroatoms. The molecule has 1 atom stereocenters. The Morgan fingerprint density at radius 1 is 1.00 bits per heavy atom. The molecule has 1 aliphatic rings. The van der Waals surface area contributed by atoms with Gasteiger partial charge < -0.3 is 14.5 Å². The number of carbonyl (C=O) groups excluding carboxylic acids is 2. The second kappa shape index (κ2) is 12.3. The molecule has 0 spiro atoms. The van der Waals surface area contributed by atoms with Crippen LogP contribution in [-0.2, 0) is 9.53 Å². The molecule has 2 amide bonds. The minimum absolute atomic E-state index is 0.248. The molecule has 3 aromatic heterocycles. The van der Waals surface area contributed by atoms with Crippen LogP contribution in [0, 0.1) is 0 Å². The van der Waals surface area contributed by atoms with Crippen molar-refractivity contribution in [3.8, 4) is 11.1 Å². The van der Waals surface area contributed by atoms with Crippen molar-refractivity contribution in [2.24, 2.45) is 0 Å². The maximum atomic E-state index is 13.5. The van der Waals surface area contributed by atoms with Gasteiger partial charge in [-0.2, -0.15) is 5.10 Å². The molecule has 6 rings (SSSR count). The van der Waals surface area contributed by atoms with Gasteiger partial charge in [-0.1, -0.05) is 54.1 Å². The molecule has 1 aliphatic heterocycles. The second-order valence-corrected chi connectivity index (χ2v) is 12.7. The Morgan fingerprint density at radius 2 is 1.77 bits per heavy atom. The highest BCUT2D eigenvalue weighted by atomic mass is 35.5. The second-order valence-electron chi connectivity index (χ2n) is 11.5.